The zero-order valence-electron chi connectivity index (χ0n) is 19.6. The number of aliphatic imine (C=N–C) groups is 1. The number of amides is 1. The standard InChI is InChI=1S/C23H38N4O4/c1-6-29-12-13-30-17-19-9-7-8-18(14-19)15-25-21(24-5)27-11-10-20(16-27)26-22(28)31-23(2,3)4/h7-9,14,20H,6,10-13,15-17H2,1-5H3,(H,24,25)(H,26,28). The number of rotatable bonds is 9. The molecule has 2 N–H and O–H groups in total. The first-order chi connectivity index (χ1) is 14.8. The fraction of sp³-hybridized carbons (Fsp3) is 0.652. The highest BCUT2D eigenvalue weighted by Crippen LogP contribution is 2.13. The van der Waals surface area contributed by atoms with Crippen molar-refractivity contribution in [1.29, 1.82) is 0 Å². The molecule has 8 heteroatoms. The van der Waals surface area contributed by atoms with E-state index in [1.165, 1.54) is 0 Å². The van der Waals surface area contributed by atoms with Gasteiger partial charge in [-0.2, -0.15) is 0 Å². The highest BCUT2D eigenvalue weighted by Gasteiger charge is 2.27. The highest BCUT2D eigenvalue weighted by molar-refractivity contribution is 5.80. The molecule has 1 aliphatic heterocycles. The number of hydrogen-bond donors (Lipinski definition) is 2. The molecule has 31 heavy (non-hydrogen) atoms. The zero-order chi connectivity index (χ0) is 22.7. The first-order valence-corrected chi connectivity index (χ1v) is 11.0. The van der Waals surface area contributed by atoms with Gasteiger partial charge in [0.2, 0.25) is 0 Å². The minimum atomic E-state index is -0.497. The van der Waals surface area contributed by atoms with Gasteiger partial charge in [-0.3, -0.25) is 4.99 Å². The molecule has 0 aliphatic carbocycles. The molecule has 1 amide bonds. The van der Waals surface area contributed by atoms with E-state index in [2.05, 4.69) is 38.7 Å². The van der Waals surface area contributed by atoms with Crippen molar-refractivity contribution < 1.29 is 19.0 Å². The van der Waals surface area contributed by atoms with Crippen LogP contribution in [0.15, 0.2) is 29.3 Å². The van der Waals surface area contributed by atoms with Crippen LogP contribution in [0.1, 0.15) is 45.2 Å². The summed E-state index contributed by atoms with van der Waals surface area (Å²) in [6, 6.07) is 8.37. The van der Waals surface area contributed by atoms with Crippen LogP contribution >= 0.6 is 0 Å². The van der Waals surface area contributed by atoms with Crippen LogP contribution < -0.4 is 10.6 Å². The molecular weight excluding hydrogens is 396 g/mol. The molecular formula is C23H38N4O4. The maximum atomic E-state index is 12.0. The van der Waals surface area contributed by atoms with E-state index in [1.54, 1.807) is 7.05 Å². The Morgan fingerprint density at radius 3 is 2.68 bits per heavy atom. The summed E-state index contributed by atoms with van der Waals surface area (Å²) < 4.78 is 16.3. The van der Waals surface area contributed by atoms with E-state index in [4.69, 9.17) is 14.2 Å². The summed E-state index contributed by atoms with van der Waals surface area (Å²) in [6.45, 7) is 12.2. The van der Waals surface area contributed by atoms with Crippen molar-refractivity contribution in [2.24, 2.45) is 4.99 Å². The van der Waals surface area contributed by atoms with Gasteiger partial charge in [-0.15, -0.1) is 0 Å². The fourth-order valence-corrected chi connectivity index (χ4v) is 3.34. The Morgan fingerprint density at radius 2 is 1.97 bits per heavy atom. The first kappa shape index (κ1) is 24.9. The van der Waals surface area contributed by atoms with E-state index in [9.17, 15) is 4.79 Å². The normalized spacial score (nSPS) is 17.0. The highest BCUT2D eigenvalue weighted by atomic mass is 16.6. The summed E-state index contributed by atoms with van der Waals surface area (Å²) >= 11 is 0. The number of carbonyl (C=O) groups excluding carboxylic acids is 1. The van der Waals surface area contributed by atoms with Crippen LogP contribution in [0.2, 0.25) is 0 Å². The predicted molar refractivity (Wildman–Crippen MR) is 122 cm³/mol. The smallest absolute Gasteiger partial charge is 0.407 e. The summed E-state index contributed by atoms with van der Waals surface area (Å²) in [5.74, 6) is 0.826. The third kappa shape index (κ3) is 9.57. The maximum Gasteiger partial charge on any atom is 0.407 e. The molecule has 174 valence electrons. The topological polar surface area (TPSA) is 84.4 Å². The lowest BCUT2D eigenvalue weighted by atomic mass is 10.1. The van der Waals surface area contributed by atoms with Gasteiger partial charge in [0, 0.05) is 33.3 Å². The van der Waals surface area contributed by atoms with E-state index in [-0.39, 0.29) is 12.1 Å². The molecule has 1 heterocycles. The van der Waals surface area contributed by atoms with E-state index in [0.29, 0.717) is 39.5 Å². The van der Waals surface area contributed by atoms with Gasteiger partial charge >= 0.3 is 6.09 Å². The monoisotopic (exact) mass is 434 g/mol. The molecule has 1 unspecified atom stereocenters. The average Bonchev–Trinajstić information content (AvgIpc) is 3.15. The minimum absolute atomic E-state index is 0.0468. The second-order valence-corrected chi connectivity index (χ2v) is 8.55. The third-order valence-electron chi connectivity index (χ3n) is 4.71. The minimum Gasteiger partial charge on any atom is -0.444 e. The number of ether oxygens (including phenoxy) is 3. The van der Waals surface area contributed by atoms with Gasteiger partial charge in [-0.25, -0.2) is 4.79 Å². The second-order valence-electron chi connectivity index (χ2n) is 8.55. The molecule has 2 rings (SSSR count). The molecule has 1 aromatic rings. The number of guanidine groups is 1. The average molecular weight is 435 g/mol. The zero-order valence-corrected chi connectivity index (χ0v) is 19.6. The van der Waals surface area contributed by atoms with Gasteiger partial charge in [0.25, 0.3) is 0 Å². The summed E-state index contributed by atoms with van der Waals surface area (Å²) in [5, 5.41) is 6.37. The summed E-state index contributed by atoms with van der Waals surface area (Å²) in [4.78, 5) is 18.6. The molecule has 0 radical (unpaired) electrons. The molecule has 0 spiro atoms. The molecule has 1 aliphatic rings. The number of likely N-dealkylation sites (tertiary alicyclic amines) is 1. The lowest BCUT2D eigenvalue weighted by molar-refractivity contribution is 0.0453. The largest absolute Gasteiger partial charge is 0.444 e. The van der Waals surface area contributed by atoms with Gasteiger partial charge < -0.3 is 29.7 Å². The van der Waals surface area contributed by atoms with Crippen molar-refractivity contribution in [3.8, 4) is 0 Å². The molecule has 1 aromatic carbocycles. The van der Waals surface area contributed by atoms with Crippen LogP contribution in [-0.2, 0) is 27.4 Å². The number of carbonyl (C=O) groups is 1. The molecule has 0 aromatic heterocycles. The van der Waals surface area contributed by atoms with Crippen molar-refractivity contribution >= 4 is 12.1 Å². The Hall–Kier alpha value is -2.32. The van der Waals surface area contributed by atoms with E-state index in [1.807, 2.05) is 33.8 Å². The van der Waals surface area contributed by atoms with Crippen molar-refractivity contribution in [1.82, 2.24) is 15.5 Å². The number of hydrogen-bond acceptors (Lipinski definition) is 5. The van der Waals surface area contributed by atoms with Crippen molar-refractivity contribution in [3.63, 3.8) is 0 Å². The molecule has 1 saturated heterocycles. The van der Waals surface area contributed by atoms with E-state index < -0.39 is 5.60 Å². The quantitative estimate of drug-likeness (QED) is 0.353. The Morgan fingerprint density at radius 1 is 1.23 bits per heavy atom. The molecule has 1 atom stereocenters. The van der Waals surface area contributed by atoms with Crippen LogP contribution in [0.4, 0.5) is 4.79 Å². The third-order valence-corrected chi connectivity index (χ3v) is 4.71. The second kappa shape index (κ2) is 12.5. The fourth-order valence-electron chi connectivity index (χ4n) is 3.34. The number of nitrogens with zero attached hydrogens (tertiary/aromatic N) is 2. The van der Waals surface area contributed by atoms with Crippen LogP contribution in [-0.4, -0.2) is 68.6 Å². The molecule has 0 saturated carbocycles. The van der Waals surface area contributed by atoms with Crippen molar-refractivity contribution in [3.05, 3.63) is 35.4 Å². The van der Waals surface area contributed by atoms with Crippen molar-refractivity contribution in [2.45, 2.75) is 58.9 Å². The summed E-state index contributed by atoms with van der Waals surface area (Å²) in [7, 11) is 1.78. The molecule has 1 fully saturated rings. The van der Waals surface area contributed by atoms with Crippen LogP contribution in [0, 0.1) is 0 Å². The number of benzene rings is 1. The summed E-state index contributed by atoms with van der Waals surface area (Å²) in [5.41, 5.74) is 1.80. The van der Waals surface area contributed by atoms with Crippen LogP contribution in [0.5, 0.6) is 0 Å². The Kier molecular flexibility index (Phi) is 10.1. The van der Waals surface area contributed by atoms with E-state index >= 15 is 0 Å². The van der Waals surface area contributed by atoms with Gasteiger partial charge in [0.15, 0.2) is 5.96 Å². The number of nitrogens with one attached hydrogen (secondary N) is 2. The predicted octanol–water partition coefficient (Wildman–Crippen LogP) is 2.91. The molecule has 0 bridgehead atoms. The number of alkyl carbamates (subject to hydrolysis) is 1. The SMILES string of the molecule is CCOCCOCc1cccc(CNC(=NC)N2CCC(NC(=O)OC(C)(C)C)C2)c1. The lowest BCUT2D eigenvalue weighted by Gasteiger charge is -2.23. The van der Waals surface area contributed by atoms with Gasteiger partial charge in [-0.05, 0) is 45.2 Å². The van der Waals surface area contributed by atoms with Gasteiger partial charge in [0.1, 0.15) is 5.60 Å². The van der Waals surface area contributed by atoms with E-state index in [0.717, 1.165) is 30.1 Å². The van der Waals surface area contributed by atoms with Gasteiger partial charge in [-0.1, -0.05) is 24.3 Å². The van der Waals surface area contributed by atoms with Crippen LogP contribution in [0.25, 0.3) is 0 Å². The van der Waals surface area contributed by atoms with Crippen molar-refractivity contribution in [2.75, 3.05) is 40.0 Å². The Balaban J connectivity index is 1.78. The lowest BCUT2D eigenvalue weighted by Crippen LogP contribution is -2.44. The van der Waals surface area contributed by atoms with Gasteiger partial charge in [0.05, 0.1) is 25.9 Å². The Labute approximate surface area is 186 Å². The Bertz CT molecular complexity index is 718. The molecule has 8 nitrogen and oxygen atoms in total. The maximum absolute atomic E-state index is 12.0. The first-order valence-electron chi connectivity index (χ1n) is 11.0. The van der Waals surface area contributed by atoms with Crippen LogP contribution in [0.3, 0.4) is 0 Å². The summed E-state index contributed by atoms with van der Waals surface area (Å²) in [6.07, 6.45) is 0.483.